The fraction of sp³-hybridized carbons (Fsp3) is 0.417. The molecular formula is C12H17FN2O3. The number of carbonyl (C=O) groups excluding carboxylic acids is 1. The van der Waals surface area contributed by atoms with Crippen LogP contribution in [0.1, 0.15) is 5.56 Å². The van der Waals surface area contributed by atoms with Crippen LogP contribution in [0.4, 0.5) is 4.39 Å². The van der Waals surface area contributed by atoms with E-state index in [0.717, 1.165) is 0 Å². The van der Waals surface area contributed by atoms with E-state index in [1.54, 1.807) is 20.2 Å². The molecule has 0 aliphatic carbocycles. The Morgan fingerprint density at radius 1 is 1.44 bits per heavy atom. The molecule has 0 bridgehead atoms. The summed E-state index contributed by atoms with van der Waals surface area (Å²) in [7, 11) is 4.81. The van der Waals surface area contributed by atoms with E-state index in [1.807, 2.05) is 0 Å². The number of methoxy groups -OCH3 is 1. The molecule has 5 nitrogen and oxygen atoms in total. The van der Waals surface area contributed by atoms with Gasteiger partial charge in [-0.1, -0.05) is 6.07 Å². The van der Waals surface area contributed by atoms with Crippen LogP contribution in [0.3, 0.4) is 0 Å². The van der Waals surface area contributed by atoms with Crippen LogP contribution in [0.2, 0.25) is 0 Å². The lowest BCUT2D eigenvalue weighted by molar-refractivity contribution is -0.129. The van der Waals surface area contributed by atoms with Crippen molar-refractivity contribution < 1.29 is 18.7 Å². The minimum absolute atomic E-state index is 0.0776. The third-order valence-electron chi connectivity index (χ3n) is 2.07. The lowest BCUT2D eigenvalue weighted by atomic mass is 10.2. The van der Waals surface area contributed by atoms with Crippen molar-refractivity contribution in [1.82, 2.24) is 10.4 Å². The van der Waals surface area contributed by atoms with E-state index in [2.05, 4.69) is 5.43 Å². The quantitative estimate of drug-likeness (QED) is 0.770. The Labute approximate surface area is 105 Å². The van der Waals surface area contributed by atoms with E-state index >= 15 is 0 Å². The number of rotatable bonds is 6. The van der Waals surface area contributed by atoms with E-state index < -0.39 is 5.82 Å². The molecule has 1 aromatic carbocycles. The molecule has 0 aliphatic rings. The summed E-state index contributed by atoms with van der Waals surface area (Å²) in [6, 6.07) is 4.53. The number of hydrazine groups is 1. The molecule has 0 spiro atoms. The lowest BCUT2D eigenvalue weighted by Gasteiger charge is -2.12. The van der Waals surface area contributed by atoms with Crippen LogP contribution in [-0.4, -0.2) is 38.7 Å². The number of benzene rings is 1. The van der Waals surface area contributed by atoms with Crippen molar-refractivity contribution in [2.75, 3.05) is 27.8 Å². The summed E-state index contributed by atoms with van der Waals surface area (Å²) in [5.74, 6) is -0.519. The third-order valence-corrected chi connectivity index (χ3v) is 2.07. The predicted molar refractivity (Wildman–Crippen MR) is 64.4 cm³/mol. The maximum absolute atomic E-state index is 13.3. The van der Waals surface area contributed by atoms with Crippen molar-refractivity contribution in [3.63, 3.8) is 0 Å². The zero-order chi connectivity index (χ0) is 13.5. The first-order valence-corrected chi connectivity index (χ1v) is 5.40. The highest BCUT2D eigenvalue weighted by atomic mass is 19.1. The van der Waals surface area contributed by atoms with Gasteiger partial charge in [0.15, 0.2) is 11.6 Å². The van der Waals surface area contributed by atoms with Crippen molar-refractivity contribution in [3.8, 4) is 5.75 Å². The molecule has 1 amide bonds. The van der Waals surface area contributed by atoms with Gasteiger partial charge >= 0.3 is 0 Å². The van der Waals surface area contributed by atoms with Gasteiger partial charge in [-0.15, -0.1) is 0 Å². The van der Waals surface area contributed by atoms with Crippen molar-refractivity contribution in [2.24, 2.45) is 0 Å². The van der Waals surface area contributed by atoms with Crippen molar-refractivity contribution in [3.05, 3.63) is 29.6 Å². The Bertz CT molecular complexity index is 410. The normalized spacial score (nSPS) is 10.5. The number of hydrogen-bond acceptors (Lipinski definition) is 4. The number of amides is 1. The number of hydrogen-bond donors (Lipinski definition) is 1. The highest BCUT2D eigenvalue weighted by molar-refractivity contribution is 5.76. The molecule has 0 unspecified atom stereocenters. The van der Waals surface area contributed by atoms with Crippen LogP contribution in [0.25, 0.3) is 0 Å². The van der Waals surface area contributed by atoms with E-state index in [0.29, 0.717) is 5.56 Å². The minimum Gasteiger partial charge on any atom is -0.494 e. The first-order valence-electron chi connectivity index (χ1n) is 5.40. The van der Waals surface area contributed by atoms with Gasteiger partial charge in [-0.2, -0.15) is 0 Å². The van der Waals surface area contributed by atoms with Gasteiger partial charge in [0.05, 0.1) is 13.7 Å². The molecule has 0 radical (unpaired) electrons. The number of nitrogens with one attached hydrogen (secondary N) is 1. The molecule has 0 heterocycles. The third kappa shape index (κ3) is 4.68. The zero-order valence-corrected chi connectivity index (χ0v) is 10.7. The number of halogens is 1. The maximum atomic E-state index is 13.3. The average molecular weight is 256 g/mol. The Kier molecular flexibility index (Phi) is 5.54. The Morgan fingerprint density at radius 2 is 2.17 bits per heavy atom. The Balaban J connectivity index is 2.40. The van der Waals surface area contributed by atoms with Gasteiger partial charge in [-0.3, -0.25) is 10.2 Å². The second-order valence-corrected chi connectivity index (χ2v) is 3.89. The predicted octanol–water partition coefficient (Wildman–Crippen LogP) is 0.944. The maximum Gasteiger partial charge on any atom is 0.260 e. The second-order valence-electron chi connectivity index (χ2n) is 3.89. The van der Waals surface area contributed by atoms with Crippen molar-refractivity contribution >= 4 is 5.91 Å². The van der Waals surface area contributed by atoms with Crippen LogP contribution in [0.5, 0.6) is 5.75 Å². The SMILES string of the molecule is COc1ccc(COCC(=O)NN(C)C)cc1F. The standard InChI is InChI=1S/C12H17FN2O3/c1-15(2)14-12(16)8-18-7-9-4-5-11(17-3)10(13)6-9/h4-6H,7-8H2,1-3H3,(H,14,16). The fourth-order valence-corrected chi connectivity index (χ4v) is 1.34. The summed E-state index contributed by atoms with van der Waals surface area (Å²) in [6.07, 6.45) is 0. The van der Waals surface area contributed by atoms with E-state index in [-0.39, 0.29) is 24.9 Å². The molecular weight excluding hydrogens is 239 g/mol. The van der Waals surface area contributed by atoms with Gasteiger partial charge in [0.25, 0.3) is 5.91 Å². The van der Waals surface area contributed by atoms with Gasteiger partial charge in [0.1, 0.15) is 6.61 Å². The van der Waals surface area contributed by atoms with Gasteiger partial charge in [0, 0.05) is 14.1 Å². The molecule has 1 N–H and O–H groups in total. The molecule has 100 valence electrons. The molecule has 0 fully saturated rings. The Hall–Kier alpha value is -1.66. The smallest absolute Gasteiger partial charge is 0.260 e. The zero-order valence-electron chi connectivity index (χ0n) is 10.7. The van der Waals surface area contributed by atoms with Crippen molar-refractivity contribution in [2.45, 2.75) is 6.61 Å². The highest BCUT2D eigenvalue weighted by Crippen LogP contribution is 2.17. The molecule has 1 rings (SSSR count). The summed E-state index contributed by atoms with van der Waals surface area (Å²) < 4.78 is 23.3. The number of carbonyl (C=O) groups is 1. The second kappa shape index (κ2) is 6.93. The molecule has 0 saturated heterocycles. The van der Waals surface area contributed by atoms with Crippen LogP contribution in [-0.2, 0) is 16.1 Å². The summed E-state index contributed by atoms with van der Waals surface area (Å²) in [5.41, 5.74) is 3.18. The molecule has 0 aromatic heterocycles. The molecule has 0 atom stereocenters. The van der Waals surface area contributed by atoms with Gasteiger partial charge < -0.3 is 9.47 Å². The molecule has 6 heteroatoms. The topological polar surface area (TPSA) is 50.8 Å². The molecule has 0 aliphatic heterocycles. The summed E-state index contributed by atoms with van der Waals surface area (Å²) in [6.45, 7) is 0.0909. The molecule has 0 saturated carbocycles. The molecule has 1 aromatic rings. The first kappa shape index (κ1) is 14.4. The van der Waals surface area contributed by atoms with Gasteiger partial charge in [-0.05, 0) is 17.7 Å². The van der Waals surface area contributed by atoms with Crippen LogP contribution in [0, 0.1) is 5.82 Å². The van der Waals surface area contributed by atoms with Crippen LogP contribution >= 0.6 is 0 Å². The van der Waals surface area contributed by atoms with E-state index in [4.69, 9.17) is 9.47 Å². The molecule has 18 heavy (non-hydrogen) atoms. The van der Waals surface area contributed by atoms with Crippen LogP contribution < -0.4 is 10.2 Å². The average Bonchev–Trinajstić information content (AvgIpc) is 2.28. The fourth-order valence-electron chi connectivity index (χ4n) is 1.34. The Morgan fingerprint density at radius 3 is 2.72 bits per heavy atom. The monoisotopic (exact) mass is 256 g/mol. The summed E-state index contributed by atoms with van der Waals surface area (Å²) >= 11 is 0. The lowest BCUT2D eigenvalue weighted by Crippen LogP contribution is -2.38. The highest BCUT2D eigenvalue weighted by Gasteiger charge is 2.05. The summed E-state index contributed by atoms with van der Waals surface area (Å²) in [4.78, 5) is 11.2. The van der Waals surface area contributed by atoms with Crippen molar-refractivity contribution in [1.29, 1.82) is 0 Å². The number of ether oxygens (including phenoxy) is 2. The number of nitrogens with zero attached hydrogens (tertiary/aromatic N) is 1. The largest absolute Gasteiger partial charge is 0.494 e. The van der Waals surface area contributed by atoms with Gasteiger partial charge in [0.2, 0.25) is 0 Å². The van der Waals surface area contributed by atoms with E-state index in [9.17, 15) is 9.18 Å². The van der Waals surface area contributed by atoms with E-state index in [1.165, 1.54) is 24.3 Å². The summed E-state index contributed by atoms with van der Waals surface area (Å²) in [5, 5.41) is 1.53. The van der Waals surface area contributed by atoms with Crippen LogP contribution in [0.15, 0.2) is 18.2 Å². The van der Waals surface area contributed by atoms with Gasteiger partial charge in [-0.25, -0.2) is 9.40 Å². The first-order chi connectivity index (χ1) is 8.52. The minimum atomic E-state index is -0.448.